The largest absolute Gasteiger partial charge is 0.206 e. The van der Waals surface area contributed by atoms with Gasteiger partial charge in [-0.3, -0.25) is 0 Å². The van der Waals surface area contributed by atoms with Crippen molar-refractivity contribution in [1.29, 1.82) is 0 Å². The Labute approximate surface area is 125 Å². The lowest BCUT2D eigenvalue weighted by molar-refractivity contribution is 0.498. The number of hydrogen-bond acceptors (Lipinski definition) is 0. The summed E-state index contributed by atoms with van der Waals surface area (Å²) in [5.41, 5.74) is 1.07. The van der Waals surface area contributed by atoms with E-state index in [0.29, 0.717) is 4.47 Å². The van der Waals surface area contributed by atoms with Gasteiger partial charge in [0.2, 0.25) is 0 Å². The van der Waals surface area contributed by atoms with Gasteiger partial charge in [-0.1, -0.05) is 34.1 Å². The van der Waals surface area contributed by atoms with Gasteiger partial charge >= 0.3 is 0 Å². The van der Waals surface area contributed by atoms with E-state index in [1.165, 1.54) is 18.2 Å². The number of hydrogen-bond donors (Lipinski definition) is 0. The lowest BCUT2D eigenvalue weighted by Gasteiger charge is -2.12. The monoisotopic (exact) mass is 392 g/mol. The molecule has 0 fully saturated rings. The lowest BCUT2D eigenvalue weighted by atomic mass is 10.0. The molecule has 0 radical (unpaired) electrons. The summed E-state index contributed by atoms with van der Waals surface area (Å²) in [5.74, 6) is -2.06. The van der Waals surface area contributed by atoms with Gasteiger partial charge in [-0.2, -0.15) is 0 Å². The zero-order valence-electron chi connectivity index (χ0n) is 9.64. The first-order valence-corrected chi connectivity index (χ1v) is 7.22. The van der Waals surface area contributed by atoms with Gasteiger partial charge in [-0.15, -0.1) is 0 Å². The molecular formula is C14H9Br2F3. The van der Waals surface area contributed by atoms with Crippen molar-refractivity contribution in [1.82, 2.24) is 0 Å². The summed E-state index contributed by atoms with van der Waals surface area (Å²) in [6.45, 7) is 0. The smallest absolute Gasteiger partial charge is 0.162 e. The van der Waals surface area contributed by atoms with Crippen LogP contribution < -0.4 is 0 Å². The maximum Gasteiger partial charge on any atom is 0.162 e. The van der Waals surface area contributed by atoms with Crippen molar-refractivity contribution < 1.29 is 13.2 Å². The zero-order chi connectivity index (χ0) is 14.0. The molecule has 0 heterocycles. The van der Waals surface area contributed by atoms with E-state index in [1.807, 2.05) is 0 Å². The average Bonchev–Trinajstić information content (AvgIpc) is 2.38. The van der Waals surface area contributed by atoms with Gasteiger partial charge in [-0.05, 0) is 51.7 Å². The predicted octanol–water partition coefficient (Wildman–Crippen LogP) is 5.55. The summed E-state index contributed by atoms with van der Waals surface area (Å²) in [4.78, 5) is -0.222. The molecule has 0 aromatic heterocycles. The first-order chi connectivity index (χ1) is 8.99. The third-order valence-corrected chi connectivity index (χ3v) is 4.20. The van der Waals surface area contributed by atoms with E-state index in [1.54, 1.807) is 12.1 Å². The normalized spacial score (nSPS) is 12.5. The van der Waals surface area contributed by atoms with Gasteiger partial charge < -0.3 is 0 Å². The summed E-state index contributed by atoms with van der Waals surface area (Å²) in [6, 6.07) is 8.63. The Hall–Kier alpha value is -0.810. The van der Waals surface area contributed by atoms with Crippen LogP contribution in [0.4, 0.5) is 13.2 Å². The molecule has 1 atom stereocenters. The summed E-state index contributed by atoms with van der Waals surface area (Å²) in [6.07, 6.45) is 0.279. The van der Waals surface area contributed by atoms with Gasteiger partial charge in [0, 0.05) is 4.83 Å². The Morgan fingerprint density at radius 3 is 2.42 bits per heavy atom. The number of rotatable bonds is 3. The van der Waals surface area contributed by atoms with Crippen LogP contribution in [0, 0.1) is 17.5 Å². The molecule has 100 valence electrons. The molecule has 2 aromatic rings. The van der Waals surface area contributed by atoms with E-state index >= 15 is 0 Å². The highest BCUT2D eigenvalue weighted by Gasteiger charge is 2.15. The van der Waals surface area contributed by atoms with Crippen LogP contribution in [0.25, 0.3) is 0 Å². The van der Waals surface area contributed by atoms with Crippen LogP contribution in [0.2, 0.25) is 0 Å². The SMILES string of the molecule is Fc1ccc(C(Br)Cc2cccc(F)c2F)cc1Br. The Morgan fingerprint density at radius 1 is 1.00 bits per heavy atom. The van der Waals surface area contributed by atoms with Gasteiger partial charge in [0.1, 0.15) is 5.82 Å². The Bertz CT molecular complexity index is 599. The third-order valence-electron chi connectivity index (χ3n) is 2.74. The molecule has 0 spiro atoms. The first kappa shape index (κ1) is 14.6. The maximum atomic E-state index is 13.6. The summed E-state index contributed by atoms with van der Waals surface area (Å²) >= 11 is 6.50. The fraction of sp³-hybridized carbons (Fsp3) is 0.143. The molecule has 0 saturated carbocycles. The van der Waals surface area contributed by atoms with Crippen molar-refractivity contribution in [3.8, 4) is 0 Å². The average molecular weight is 394 g/mol. The second-order valence-electron chi connectivity index (χ2n) is 4.06. The minimum absolute atomic E-state index is 0.222. The van der Waals surface area contributed by atoms with E-state index in [4.69, 9.17) is 0 Å². The molecule has 0 N–H and O–H groups in total. The van der Waals surface area contributed by atoms with Gasteiger partial charge in [-0.25, -0.2) is 13.2 Å². The minimum Gasteiger partial charge on any atom is -0.206 e. The molecule has 19 heavy (non-hydrogen) atoms. The fourth-order valence-electron chi connectivity index (χ4n) is 1.72. The summed E-state index contributed by atoms with van der Waals surface area (Å²) in [5, 5.41) is 0. The van der Waals surface area contributed by atoms with Crippen molar-refractivity contribution in [2.24, 2.45) is 0 Å². The van der Waals surface area contributed by atoms with Crippen molar-refractivity contribution >= 4 is 31.9 Å². The van der Waals surface area contributed by atoms with Crippen LogP contribution >= 0.6 is 31.9 Å². The zero-order valence-corrected chi connectivity index (χ0v) is 12.8. The number of alkyl halides is 1. The highest BCUT2D eigenvalue weighted by Crippen LogP contribution is 2.30. The summed E-state index contributed by atoms with van der Waals surface area (Å²) in [7, 11) is 0. The number of halogens is 5. The molecule has 1 unspecified atom stereocenters. The van der Waals surface area contributed by atoms with E-state index in [-0.39, 0.29) is 22.6 Å². The van der Waals surface area contributed by atoms with Crippen molar-refractivity contribution in [3.05, 3.63) is 69.4 Å². The van der Waals surface area contributed by atoms with Crippen LogP contribution in [0.5, 0.6) is 0 Å². The molecule has 0 aliphatic carbocycles. The molecule has 0 saturated heterocycles. The molecule has 0 aliphatic rings. The fourth-order valence-corrected chi connectivity index (χ4v) is 2.75. The van der Waals surface area contributed by atoms with Crippen LogP contribution in [-0.4, -0.2) is 0 Å². The van der Waals surface area contributed by atoms with Crippen molar-refractivity contribution in [2.75, 3.05) is 0 Å². The Balaban J connectivity index is 2.23. The summed E-state index contributed by atoms with van der Waals surface area (Å²) < 4.78 is 40.1. The molecule has 0 aliphatic heterocycles. The number of benzene rings is 2. The maximum absolute atomic E-state index is 13.6. The Kier molecular flexibility index (Phi) is 4.68. The van der Waals surface area contributed by atoms with Crippen LogP contribution in [0.1, 0.15) is 16.0 Å². The highest BCUT2D eigenvalue weighted by atomic mass is 79.9. The highest BCUT2D eigenvalue weighted by molar-refractivity contribution is 9.10. The van der Waals surface area contributed by atoms with Crippen molar-refractivity contribution in [3.63, 3.8) is 0 Å². The molecule has 2 rings (SSSR count). The topological polar surface area (TPSA) is 0 Å². The minimum atomic E-state index is -0.863. The molecule has 2 aromatic carbocycles. The second-order valence-corrected chi connectivity index (χ2v) is 6.02. The molecular weight excluding hydrogens is 385 g/mol. The van der Waals surface area contributed by atoms with Crippen LogP contribution in [0.3, 0.4) is 0 Å². The predicted molar refractivity (Wildman–Crippen MR) is 75.8 cm³/mol. The van der Waals surface area contributed by atoms with Crippen molar-refractivity contribution in [2.45, 2.75) is 11.2 Å². The standard InChI is InChI=1S/C14H9Br2F3/c15-10(8-4-5-12(17)11(16)6-8)7-9-2-1-3-13(18)14(9)19/h1-6,10H,7H2. The Morgan fingerprint density at radius 2 is 1.74 bits per heavy atom. The van der Waals surface area contributed by atoms with Gasteiger partial charge in [0.25, 0.3) is 0 Å². The van der Waals surface area contributed by atoms with E-state index in [0.717, 1.165) is 11.6 Å². The van der Waals surface area contributed by atoms with E-state index in [9.17, 15) is 13.2 Å². The second kappa shape index (κ2) is 6.09. The molecule has 0 nitrogen and oxygen atoms in total. The quantitative estimate of drug-likeness (QED) is 0.600. The molecule has 5 heteroatoms. The van der Waals surface area contributed by atoms with Crippen LogP contribution in [0.15, 0.2) is 40.9 Å². The molecule has 0 bridgehead atoms. The molecule has 0 amide bonds. The van der Waals surface area contributed by atoms with Gasteiger partial charge in [0.15, 0.2) is 11.6 Å². The first-order valence-electron chi connectivity index (χ1n) is 5.51. The van der Waals surface area contributed by atoms with Gasteiger partial charge in [0.05, 0.1) is 4.47 Å². The van der Waals surface area contributed by atoms with Crippen LogP contribution in [-0.2, 0) is 6.42 Å². The van der Waals surface area contributed by atoms with E-state index < -0.39 is 11.6 Å². The lowest BCUT2D eigenvalue weighted by Crippen LogP contribution is -2.00. The van der Waals surface area contributed by atoms with E-state index in [2.05, 4.69) is 31.9 Å². The third kappa shape index (κ3) is 3.39.